The maximum absolute atomic E-state index is 14.5. The Morgan fingerprint density at radius 3 is 2.48 bits per heavy atom. The minimum Gasteiger partial charge on any atom is -0.459 e. The van der Waals surface area contributed by atoms with Crippen LogP contribution in [0.4, 0.5) is 9.18 Å². The lowest BCUT2D eigenvalue weighted by molar-refractivity contribution is -0.189. The van der Waals surface area contributed by atoms with Crippen molar-refractivity contribution < 1.29 is 33.0 Å². The molecule has 0 spiro atoms. The number of halogens is 1. The van der Waals surface area contributed by atoms with Gasteiger partial charge in [-0.05, 0) is 67.9 Å². The van der Waals surface area contributed by atoms with Gasteiger partial charge < -0.3 is 24.1 Å². The van der Waals surface area contributed by atoms with Crippen LogP contribution < -0.4 is 0 Å². The highest BCUT2D eigenvalue weighted by Crippen LogP contribution is 2.66. The zero-order chi connectivity index (χ0) is 32.3. The molecule has 2 saturated heterocycles. The number of rotatable bonds is 6. The summed E-state index contributed by atoms with van der Waals surface area (Å²) < 4.78 is 32.6. The molecule has 8 nitrogen and oxygen atoms in total. The van der Waals surface area contributed by atoms with Crippen LogP contribution in [-0.2, 0) is 30.4 Å². The lowest BCUT2D eigenvalue weighted by atomic mass is 9.66. The molecule has 2 aromatic carbocycles. The number of amides is 1. The molecule has 7 rings (SSSR count). The number of nitrogens with zero attached hydrogens (tertiary/aromatic N) is 1. The Hall–Kier alpha value is -3.88. The molecular weight excluding hydrogens is 587 g/mol. The summed E-state index contributed by atoms with van der Waals surface area (Å²) in [5.74, 6) is -1.36. The van der Waals surface area contributed by atoms with E-state index in [4.69, 9.17) is 14.2 Å². The van der Waals surface area contributed by atoms with E-state index in [2.05, 4.69) is 4.98 Å². The van der Waals surface area contributed by atoms with Crippen LogP contribution in [0.2, 0.25) is 0 Å². The fourth-order valence-electron chi connectivity index (χ4n) is 8.59. The van der Waals surface area contributed by atoms with Crippen molar-refractivity contribution in [3.63, 3.8) is 0 Å². The number of likely N-dealkylation sites (tertiary alicyclic amines) is 1. The maximum atomic E-state index is 14.5. The Balaban J connectivity index is 1.24. The van der Waals surface area contributed by atoms with Crippen molar-refractivity contribution in [1.82, 2.24) is 9.88 Å². The molecule has 2 bridgehead atoms. The first-order valence-corrected chi connectivity index (χ1v) is 16.8. The van der Waals surface area contributed by atoms with E-state index in [0.29, 0.717) is 31.3 Å². The highest BCUT2D eigenvalue weighted by molar-refractivity contribution is 5.94. The van der Waals surface area contributed by atoms with Gasteiger partial charge in [-0.2, -0.15) is 0 Å². The number of nitrogens with one attached hydrogen (secondary N) is 1. The third kappa shape index (κ3) is 4.80. The summed E-state index contributed by atoms with van der Waals surface area (Å²) >= 11 is 0. The van der Waals surface area contributed by atoms with E-state index >= 15 is 0 Å². The lowest BCUT2D eigenvalue weighted by Crippen LogP contribution is -2.52. The molecule has 2 aliphatic heterocycles. The molecule has 1 amide bonds. The molecule has 9 heteroatoms. The van der Waals surface area contributed by atoms with Gasteiger partial charge >= 0.3 is 18.0 Å². The number of benzene rings is 2. The van der Waals surface area contributed by atoms with Crippen molar-refractivity contribution >= 4 is 28.9 Å². The van der Waals surface area contributed by atoms with Gasteiger partial charge in [0, 0.05) is 47.4 Å². The number of hydrogen-bond donors (Lipinski definition) is 1. The minimum atomic E-state index is -1.36. The van der Waals surface area contributed by atoms with Crippen LogP contribution in [0.5, 0.6) is 0 Å². The van der Waals surface area contributed by atoms with Gasteiger partial charge in [0.25, 0.3) is 0 Å². The molecule has 4 aliphatic rings. The van der Waals surface area contributed by atoms with Gasteiger partial charge in [0.05, 0.1) is 5.41 Å². The number of carbonyl (C=O) groups is 3. The standard InChI is InChI=1S/C37H43FN2O6/c1-35(2)36(3)17-18-37(35,46-32(36)41)33(42)45-29-16-19-40(34(43)44-22-23-10-6-4-7-11-23)21-27(29)30-26-15-14-25(38)20-28(26)39-31(30)24-12-8-5-9-13-24/h4,6-7,10-11,14-15,20,24,27,29,39H,5,8-9,12-13,16-19,21-22H2,1-3H3/t27-,29-,36-,37+/m1/s1. The van der Waals surface area contributed by atoms with E-state index < -0.39 is 40.5 Å². The van der Waals surface area contributed by atoms with Gasteiger partial charge in [-0.25, -0.2) is 14.0 Å². The van der Waals surface area contributed by atoms with Crippen LogP contribution >= 0.6 is 0 Å². The molecule has 1 N–H and O–H groups in total. The third-order valence-electron chi connectivity index (χ3n) is 11.9. The quantitative estimate of drug-likeness (QED) is 0.224. The summed E-state index contributed by atoms with van der Waals surface area (Å²) in [6.07, 6.45) is 5.75. The summed E-state index contributed by atoms with van der Waals surface area (Å²) in [6, 6.07) is 14.3. The number of esters is 2. The first kappa shape index (κ1) is 30.8. The zero-order valence-electron chi connectivity index (χ0n) is 26.9. The SMILES string of the molecule is CC1(C)[C@@]2(C(=O)O[C@@H]3CCN(C(=O)OCc4ccccc4)C[C@H]3c3c(C4CCCCC4)[nH]c4cc(F)ccc34)CC[C@]1(C)C(=O)O2. The topological polar surface area (TPSA) is 97.9 Å². The maximum Gasteiger partial charge on any atom is 0.410 e. The van der Waals surface area contributed by atoms with Gasteiger partial charge in [-0.3, -0.25) is 4.79 Å². The number of ether oxygens (including phenoxy) is 3. The largest absolute Gasteiger partial charge is 0.459 e. The highest BCUT2D eigenvalue weighted by Gasteiger charge is 2.76. The van der Waals surface area contributed by atoms with Crippen LogP contribution in [0, 0.1) is 16.6 Å². The fraction of sp³-hybridized carbons (Fsp3) is 0.541. The molecular formula is C37H43FN2O6. The molecule has 0 radical (unpaired) electrons. The Kier molecular flexibility index (Phi) is 7.64. The first-order valence-electron chi connectivity index (χ1n) is 16.8. The molecule has 2 saturated carbocycles. The van der Waals surface area contributed by atoms with Crippen molar-refractivity contribution in [2.24, 2.45) is 10.8 Å². The highest BCUT2D eigenvalue weighted by atomic mass is 19.1. The summed E-state index contributed by atoms with van der Waals surface area (Å²) in [6.45, 7) is 6.48. The predicted octanol–water partition coefficient (Wildman–Crippen LogP) is 7.51. The van der Waals surface area contributed by atoms with Crippen LogP contribution in [-0.4, -0.2) is 52.7 Å². The van der Waals surface area contributed by atoms with E-state index in [-0.39, 0.29) is 30.9 Å². The van der Waals surface area contributed by atoms with Gasteiger partial charge in [0.1, 0.15) is 18.5 Å². The van der Waals surface area contributed by atoms with Gasteiger partial charge in [0.15, 0.2) is 0 Å². The number of aromatic amines is 1. The predicted molar refractivity (Wildman–Crippen MR) is 169 cm³/mol. The summed E-state index contributed by atoms with van der Waals surface area (Å²) in [4.78, 5) is 45.9. The van der Waals surface area contributed by atoms with Crippen molar-refractivity contribution in [2.45, 2.75) is 102 Å². The number of hydrogen-bond acceptors (Lipinski definition) is 6. The van der Waals surface area contributed by atoms with E-state index in [1.165, 1.54) is 18.6 Å². The van der Waals surface area contributed by atoms with E-state index in [0.717, 1.165) is 47.9 Å². The average Bonchev–Trinajstić information content (AvgIpc) is 3.58. The second-order valence-electron chi connectivity index (χ2n) is 14.5. The Morgan fingerprint density at radius 1 is 1.02 bits per heavy atom. The Morgan fingerprint density at radius 2 is 1.78 bits per heavy atom. The molecule has 4 atom stereocenters. The molecule has 46 heavy (non-hydrogen) atoms. The van der Waals surface area contributed by atoms with Crippen LogP contribution in [0.15, 0.2) is 48.5 Å². The number of aromatic nitrogens is 1. The van der Waals surface area contributed by atoms with Gasteiger partial charge in [0.2, 0.25) is 5.60 Å². The van der Waals surface area contributed by atoms with E-state index in [1.807, 2.05) is 51.1 Å². The molecule has 1 aromatic heterocycles. The van der Waals surface area contributed by atoms with Gasteiger partial charge in [-0.15, -0.1) is 0 Å². The Bertz CT molecular complexity index is 1660. The summed E-state index contributed by atoms with van der Waals surface area (Å²) in [5.41, 5.74) is 0.738. The van der Waals surface area contributed by atoms with Crippen molar-refractivity contribution in [3.05, 3.63) is 71.2 Å². The van der Waals surface area contributed by atoms with Crippen molar-refractivity contribution in [1.29, 1.82) is 0 Å². The van der Waals surface area contributed by atoms with Crippen LogP contribution in [0.1, 0.15) is 101 Å². The summed E-state index contributed by atoms with van der Waals surface area (Å²) in [7, 11) is 0. The summed E-state index contributed by atoms with van der Waals surface area (Å²) in [5, 5.41) is 0.867. The Labute approximate surface area is 269 Å². The normalized spacial score (nSPS) is 29.1. The fourth-order valence-corrected chi connectivity index (χ4v) is 8.59. The first-order chi connectivity index (χ1) is 22.0. The number of fused-ring (bicyclic) bond motifs is 3. The molecule has 2 aliphatic carbocycles. The monoisotopic (exact) mass is 630 g/mol. The minimum absolute atomic E-state index is 0.153. The second kappa shape index (κ2) is 11.4. The van der Waals surface area contributed by atoms with Crippen LogP contribution in [0.25, 0.3) is 10.9 Å². The second-order valence-corrected chi connectivity index (χ2v) is 14.5. The molecule has 3 aromatic rings. The average molecular weight is 631 g/mol. The van der Waals surface area contributed by atoms with Crippen LogP contribution in [0.3, 0.4) is 0 Å². The number of carbonyl (C=O) groups excluding carboxylic acids is 3. The van der Waals surface area contributed by atoms with Gasteiger partial charge in [-0.1, -0.05) is 63.4 Å². The number of H-pyrrole nitrogens is 1. The molecule has 3 heterocycles. The van der Waals surface area contributed by atoms with Crippen molar-refractivity contribution in [3.8, 4) is 0 Å². The number of piperidine rings is 1. The molecule has 0 unspecified atom stereocenters. The van der Waals surface area contributed by atoms with Crippen molar-refractivity contribution in [2.75, 3.05) is 13.1 Å². The smallest absolute Gasteiger partial charge is 0.410 e. The zero-order valence-corrected chi connectivity index (χ0v) is 26.9. The molecule has 4 fully saturated rings. The third-order valence-corrected chi connectivity index (χ3v) is 11.9. The molecule has 244 valence electrons. The van der Waals surface area contributed by atoms with E-state index in [1.54, 1.807) is 11.0 Å². The lowest BCUT2D eigenvalue weighted by Gasteiger charge is -2.41. The van der Waals surface area contributed by atoms with E-state index in [9.17, 15) is 18.8 Å².